The molecule has 0 aromatic rings. The molecule has 2 atom stereocenters. The minimum absolute atomic E-state index is 0.0145. The Morgan fingerprint density at radius 1 is 1.67 bits per heavy atom. The zero-order valence-corrected chi connectivity index (χ0v) is 8.68. The molecule has 1 unspecified atom stereocenters. The number of rotatable bonds is 5. The summed E-state index contributed by atoms with van der Waals surface area (Å²) >= 11 is 0. The third-order valence-electron chi connectivity index (χ3n) is 2.69. The lowest BCUT2D eigenvalue weighted by Gasteiger charge is -2.12. The molecule has 0 aromatic carbocycles. The van der Waals surface area contributed by atoms with Crippen LogP contribution in [0.15, 0.2) is 0 Å². The van der Waals surface area contributed by atoms with Crippen molar-refractivity contribution in [1.82, 2.24) is 4.90 Å². The van der Waals surface area contributed by atoms with E-state index in [4.69, 9.17) is 5.11 Å². The molecule has 1 rings (SSSR count). The van der Waals surface area contributed by atoms with Gasteiger partial charge in [0.1, 0.15) is 12.8 Å². The molecule has 1 N–H and O–H groups in total. The van der Waals surface area contributed by atoms with Crippen LogP contribution in [0.25, 0.3) is 0 Å². The van der Waals surface area contributed by atoms with E-state index in [1.165, 1.54) is 4.90 Å². The molecule has 1 fully saturated rings. The highest BCUT2D eigenvalue weighted by Crippen LogP contribution is 2.26. The van der Waals surface area contributed by atoms with Gasteiger partial charge in [-0.3, -0.25) is 9.59 Å². The van der Waals surface area contributed by atoms with Crippen LogP contribution >= 0.6 is 0 Å². The summed E-state index contributed by atoms with van der Waals surface area (Å²) in [4.78, 5) is 34.1. The van der Waals surface area contributed by atoms with Crippen molar-refractivity contribution < 1.29 is 19.5 Å². The van der Waals surface area contributed by atoms with Crippen molar-refractivity contribution in [3.05, 3.63) is 0 Å². The second-order valence-electron chi connectivity index (χ2n) is 3.82. The second-order valence-corrected chi connectivity index (χ2v) is 3.82. The molecule has 0 radical (unpaired) electrons. The third kappa shape index (κ3) is 2.55. The first-order valence-corrected chi connectivity index (χ1v) is 5.06. The first kappa shape index (κ1) is 11.7. The number of nitrogens with zero attached hydrogens (tertiary/aromatic N) is 1. The van der Waals surface area contributed by atoms with Crippen molar-refractivity contribution in [2.75, 3.05) is 13.1 Å². The summed E-state index contributed by atoms with van der Waals surface area (Å²) in [5.41, 5.74) is 0. The van der Waals surface area contributed by atoms with Crippen molar-refractivity contribution >= 4 is 18.2 Å². The molecular formula is C10H15NO4. The van der Waals surface area contributed by atoms with Crippen LogP contribution in [0.1, 0.15) is 19.8 Å². The largest absolute Gasteiger partial charge is 0.480 e. The fraction of sp³-hybridized carbons (Fsp3) is 0.700. The van der Waals surface area contributed by atoms with Crippen molar-refractivity contribution in [1.29, 1.82) is 0 Å². The van der Waals surface area contributed by atoms with Crippen LogP contribution in [0, 0.1) is 11.8 Å². The maximum Gasteiger partial charge on any atom is 0.323 e. The van der Waals surface area contributed by atoms with E-state index in [0.717, 1.165) is 12.8 Å². The van der Waals surface area contributed by atoms with Crippen LogP contribution in [0.3, 0.4) is 0 Å². The standard InChI is InChI=1S/C10H15NO4/c1-2-3-7-4-11(5-9(13)14)10(15)8(7)6-12/h6-8H,2-5H2,1H3,(H,13,14)/t7-,8?/m0/s1. The Labute approximate surface area is 88.1 Å². The highest BCUT2D eigenvalue weighted by atomic mass is 16.4. The van der Waals surface area contributed by atoms with Crippen molar-refractivity contribution in [2.45, 2.75) is 19.8 Å². The van der Waals surface area contributed by atoms with E-state index < -0.39 is 11.9 Å². The summed E-state index contributed by atoms with van der Waals surface area (Å²) in [6, 6.07) is 0. The number of carboxylic acids is 1. The van der Waals surface area contributed by atoms with Gasteiger partial charge in [-0.1, -0.05) is 13.3 Å². The third-order valence-corrected chi connectivity index (χ3v) is 2.69. The number of hydrogen-bond acceptors (Lipinski definition) is 3. The molecule has 84 valence electrons. The average molecular weight is 213 g/mol. The lowest BCUT2D eigenvalue weighted by atomic mass is 9.93. The molecule has 0 aromatic heterocycles. The van der Waals surface area contributed by atoms with E-state index in [2.05, 4.69) is 0 Å². The smallest absolute Gasteiger partial charge is 0.323 e. The number of aldehydes is 1. The summed E-state index contributed by atoms with van der Waals surface area (Å²) < 4.78 is 0. The summed E-state index contributed by atoms with van der Waals surface area (Å²) in [5.74, 6) is -2.03. The molecule has 0 saturated carbocycles. The van der Waals surface area contributed by atoms with Crippen LogP contribution in [0.4, 0.5) is 0 Å². The van der Waals surface area contributed by atoms with Crippen LogP contribution in [-0.4, -0.2) is 41.3 Å². The number of hydrogen-bond donors (Lipinski definition) is 1. The number of amides is 1. The highest BCUT2D eigenvalue weighted by Gasteiger charge is 2.39. The van der Waals surface area contributed by atoms with E-state index in [0.29, 0.717) is 12.8 Å². The number of carboxylic acid groups (broad SMARTS) is 1. The quantitative estimate of drug-likeness (QED) is 0.521. The first-order chi connectivity index (χ1) is 7.10. The van der Waals surface area contributed by atoms with Gasteiger partial charge in [0.25, 0.3) is 0 Å². The molecule has 1 amide bonds. The lowest BCUT2D eigenvalue weighted by molar-refractivity contribution is -0.144. The van der Waals surface area contributed by atoms with Gasteiger partial charge in [0, 0.05) is 6.54 Å². The van der Waals surface area contributed by atoms with E-state index in [1.54, 1.807) is 0 Å². The highest BCUT2D eigenvalue weighted by molar-refractivity contribution is 5.95. The maximum atomic E-state index is 11.6. The van der Waals surface area contributed by atoms with Gasteiger partial charge in [-0.2, -0.15) is 0 Å². The molecule has 0 spiro atoms. The van der Waals surface area contributed by atoms with Gasteiger partial charge < -0.3 is 14.8 Å². The second kappa shape index (κ2) is 4.91. The molecule has 1 aliphatic heterocycles. The molecule has 0 bridgehead atoms. The minimum Gasteiger partial charge on any atom is -0.480 e. The first-order valence-electron chi connectivity index (χ1n) is 5.06. The van der Waals surface area contributed by atoms with Gasteiger partial charge in [-0.05, 0) is 12.3 Å². The zero-order valence-electron chi connectivity index (χ0n) is 8.68. The van der Waals surface area contributed by atoms with Crippen LogP contribution < -0.4 is 0 Å². The summed E-state index contributed by atoms with van der Waals surface area (Å²) in [5, 5.41) is 8.58. The van der Waals surface area contributed by atoms with Crippen molar-refractivity contribution in [2.24, 2.45) is 11.8 Å². The Kier molecular flexibility index (Phi) is 3.82. The van der Waals surface area contributed by atoms with E-state index >= 15 is 0 Å². The number of carbonyl (C=O) groups excluding carboxylic acids is 2. The van der Waals surface area contributed by atoms with Gasteiger partial charge in [-0.15, -0.1) is 0 Å². The van der Waals surface area contributed by atoms with Crippen LogP contribution in [-0.2, 0) is 14.4 Å². The predicted octanol–water partition coefficient (Wildman–Crippen LogP) is 0.145. The van der Waals surface area contributed by atoms with Gasteiger partial charge in [0.2, 0.25) is 5.91 Å². The molecular weight excluding hydrogens is 198 g/mol. The van der Waals surface area contributed by atoms with Crippen LogP contribution in [0.2, 0.25) is 0 Å². The van der Waals surface area contributed by atoms with Crippen LogP contribution in [0.5, 0.6) is 0 Å². The SMILES string of the molecule is CCC[C@H]1CN(CC(=O)O)C(=O)C1C=O. The van der Waals surface area contributed by atoms with Gasteiger partial charge in [0.15, 0.2) is 0 Å². The Hall–Kier alpha value is -1.39. The Morgan fingerprint density at radius 3 is 2.80 bits per heavy atom. The number of carbonyl (C=O) groups is 3. The Morgan fingerprint density at radius 2 is 2.33 bits per heavy atom. The predicted molar refractivity (Wildman–Crippen MR) is 52.2 cm³/mol. The van der Waals surface area contributed by atoms with E-state index in [9.17, 15) is 14.4 Å². The van der Waals surface area contributed by atoms with Gasteiger partial charge in [0.05, 0.1) is 5.92 Å². The zero-order chi connectivity index (χ0) is 11.4. The number of aliphatic carboxylic acids is 1. The fourth-order valence-corrected chi connectivity index (χ4v) is 2.02. The molecule has 1 aliphatic rings. The van der Waals surface area contributed by atoms with Crippen molar-refractivity contribution in [3.8, 4) is 0 Å². The Balaban J connectivity index is 2.68. The fourth-order valence-electron chi connectivity index (χ4n) is 2.02. The maximum absolute atomic E-state index is 11.6. The summed E-state index contributed by atoms with van der Waals surface area (Å²) in [6.07, 6.45) is 2.32. The topological polar surface area (TPSA) is 74.7 Å². The minimum atomic E-state index is -1.04. The average Bonchev–Trinajstić information content (AvgIpc) is 2.43. The van der Waals surface area contributed by atoms with Crippen molar-refractivity contribution in [3.63, 3.8) is 0 Å². The monoisotopic (exact) mass is 213 g/mol. The molecule has 5 heteroatoms. The Bertz CT molecular complexity index is 277. The molecule has 5 nitrogen and oxygen atoms in total. The van der Waals surface area contributed by atoms with E-state index in [1.807, 2.05) is 6.92 Å². The molecule has 1 saturated heterocycles. The summed E-state index contributed by atoms with van der Waals surface area (Å²) in [6.45, 7) is 2.07. The molecule has 15 heavy (non-hydrogen) atoms. The normalized spacial score (nSPS) is 25.7. The lowest BCUT2D eigenvalue weighted by Crippen LogP contribution is -2.32. The number of likely N-dealkylation sites (tertiary alicyclic amines) is 1. The van der Waals surface area contributed by atoms with Gasteiger partial charge in [-0.25, -0.2) is 0 Å². The van der Waals surface area contributed by atoms with Gasteiger partial charge >= 0.3 is 5.97 Å². The summed E-state index contributed by atoms with van der Waals surface area (Å²) in [7, 11) is 0. The molecule has 1 heterocycles. The van der Waals surface area contributed by atoms with E-state index in [-0.39, 0.29) is 18.4 Å². The molecule has 0 aliphatic carbocycles.